The molecular weight excluding hydrogens is 371 g/mol. The van der Waals surface area contributed by atoms with E-state index in [4.69, 9.17) is 32.7 Å². The molecule has 0 aliphatic rings. The van der Waals surface area contributed by atoms with Gasteiger partial charge in [0.05, 0.1) is 5.56 Å². The Labute approximate surface area is 162 Å². The maximum absolute atomic E-state index is 11.3. The number of halogens is 2. The van der Waals surface area contributed by atoms with E-state index < -0.39 is 0 Å². The minimum atomic E-state index is 0.258. The second kappa shape index (κ2) is 8.75. The van der Waals surface area contributed by atoms with Gasteiger partial charge in [-0.25, -0.2) is 0 Å². The molecule has 0 heterocycles. The Bertz CT molecular complexity index is 909. The van der Waals surface area contributed by atoms with Crippen molar-refractivity contribution in [1.82, 2.24) is 0 Å². The van der Waals surface area contributed by atoms with Crippen LogP contribution in [-0.4, -0.2) is 6.29 Å². The zero-order valence-corrected chi connectivity index (χ0v) is 15.3. The van der Waals surface area contributed by atoms with Crippen LogP contribution in [0.1, 0.15) is 21.5 Å². The quantitative estimate of drug-likeness (QED) is 0.469. The lowest BCUT2D eigenvalue weighted by Gasteiger charge is -2.13. The van der Waals surface area contributed by atoms with Gasteiger partial charge in [-0.1, -0.05) is 59.6 Å². The highest BCUT2D eigenvalue weighted by Gasteiger charge is 2.08. The van der Waals surface area contributed by atoms with Crippen molar-refractivity contribution in [3.63, 3.8) is 0 Å². The van der Waals surface area contributed by atoms with Crippen molar-refractivity contribution in [2.75, 3.05) is 0 Å². The van der Waals surface area contributed by atoms with Crippen LogP contribution >= 0.6 is 23.2 Å². The van der Waals surface area contributed by atoms with Gasteiger partial charge in [0.25, 0.3) is 0 Å². The van der Waals surface area contributed by atoms with Crippen molar-refractivity contribution in [3.8, 4) is 11.5 Å². The molecule has 0 bridgehead atoms. The third-order valence-electron chi connectivity index (χ3n) is 3.81. The molecule has 5 heteroatoms. The fourth-order valence-electron chi connectivity index (χ4n) is 2.37. The zero-order valence-electron chi connectivity index (χ0n) is 13.8. The summed E-state index contributed by atoms with van der Waals surface area (Å²) in [6, 6.07) is 20.0. The van der Waals surface area contributed by atoms with Gasteiger partial charge in [0.15, 0.2) is 6.29 Å². The molecule has 3 aromatic rings. The first kappa shape index (κ1) is 18.3. The highest BCUT2D eigenvalue weighted by atomic mass is 35.5. The molecule has 0 saturated heterocycles. The molecule has 3 aromatic carbocycles. The van der Waals surface area contributed by atoms with E-state index in [0.717, 1.165) is 17.4 Å². The molecule has 0 N–H and O–H groups in total. The lowest BCUT2D eigenvalue weighted by atomic mass is 10.2. The lowest BCUT2D eigenvalue weighted by Crippen LogP contribution is -2.01. The standard InChI is InChI=1S/C21H16Cl2O3/c22-19-7-3-1-5-16(19)13-25-18-10-9-15(12-24)21(11-18)26-14-17-6-2-4-8-20(17)23/h1-12H,13-14H2. The number of aldehydes is 1. The molecular formula is C21H16Cl2O3. The van der Waals surface area contributed by atoms with Gasteiger partial charge in [-0.3, -0.25) is 4.79 Å². The number of rotatable bonds is 7. The summed E-state index contributed by atoms with van der Waals surface area (Å²) in [7, 11) is 0. The maximum atomic E-state index is 11.3. The summed E-state index contributed by atoms with van der Waals surface area (Å²) in [4.78, 5) is 11.3. The molecule has 26 heavy (non-hydrogen) atoms. The van der Waals surface area contributed by atoms with Crippen LogP contribution in [0, 0.1) is 0 Å². The third kappa shape index (κ3) is 4.57. The molecule has 0 radical (unpaired) electrons. The van der Waals surface area contributed by atoms with E-state index in [2.05, 4.69) is 0 Å². The molecule has 0 saturated carbocycles. The molecule has 0 aliphatic heterocycles. The topological polar surface area (TPSA) is 35.5 Å². The van der Waals surface area contributed by atoms with Gasteiger partial charge in [-0.05, 0) is 24.3 Å². The number of ether oxygens (including phenoxy) is 2. The van der Waals surface area contributed by atoms with E-state index in [1.807, 2.05) is 42.5 Å². The van der Waals surface area contributed by atoms with Crippen LogP contribution < -0.4 is 9.47 Å². The number of carbonyl (C=O) groups is 1. The summed E-state index contributed by atoms with van der Waals surface area (Å²) in [6.07, 6.45) is 0.750. The van der Waals surface area contributed by atoms with Crippen LogP contribution in [0.15, 0.2) is 66.7 Å². The largest absolute Gasteiger partial charge is 0.489 e. The molecule has 0 atom stereocenters. The first-order chi connectivity index (χ1) is 12.7. The number of hydrogen-bond acceptors (Lipinski definition) is 3. The van der Waals surface area contributed by atoms with Crippen molar-refractivity contribution in [3.05, 3.63) is 93.5 Å². The summed E-state index contributed by atoms with van der Waals surface area (Å²) in [5.74, 6) is 1.03. The zero-order chi connectivity index (χ0) is 18.4. The number of benzene rings is 3. The van der Waals surface area contributed by atoms with Crippen molar-refractivity contribution in [2.45, 2.75) is 13.2 Å². The predicted octanol–water partition coefficient (Wildman–Crippen LogP) is 5.96. The van der Waals surface area contributed by atoms with E-state index in [-0.39, 0.29) is 6.61 Å². The van der Waals surface area contributed by atoms with Crippen molar-refractivity contribution in [1.29, 1.82) is 0 Å². The summed E-state index contributed by atoms with van der Waals surface area (Å²) in [6.45, 7) is 0.582. The van der Waals surface area contributed by atoms with Gasteiger partial charge < -0.3 is 9.47 Å². The minimum Gasteiger partial charge on any atom is -0.489 e. The van der Waals surface area contributed by atoms with Gasteiger partial charge in [-0.15, -0.1) is 0 Å². The van der Waals surface area contributed by atoms with Crippen molar-refractivity contribution < 1.29 is 14.3 Å². The van der Waals surface area contributed by atoms with Crippen LogP contribution in [0.3, 0.4) is 0 Å². The molecule has 3 rings (SSSR count). The van der Waals surface area contributed by atoms with Crippen LogP contribution in [-0.2, 0) is 13.2 Å². The summed E-state index contributed by atoms with van der Waals surface area (Å²) in [5, 5.41) is 1.26. The Morgan fingerprint density at radius 3 is 1.92 bits per heavy atom. The van der Waals surface area contributed by atoms with E-state index in [1.54, 1.807) is 24.3 Å². The average molecular weight is 387 g/mol. The number of hydrogen-bond donors (Lipinski definition) is 0. The highest BCUT2D eigenvalue weighted by Crippen LogP contribution is 2.27. The Morgan fingerprint density at radius 2 is 1.35 bits per heavy atom. The Hall–Kier alpha value is -2.49. The Morgan fingerprint density at radius 1 is 0.769 bits per heavy atom. The molecule has 0 amide bonds. The minimum absolute atomic E-state index is 0.258. The molecule has 0 fully saturated rings. The first-order valence-electron chi connectivity index (χ1n) is 7.99. The maximum Gasteiger partial charge on any atom is 0.153 e. The molecule has 0 aliphatic carbocycles. The van der Waals surface area contributed by atoms with Gasteiger partial charge in [-0.2, -0.15) is 0 Å². The smallest absolute Gasteiger partial charge is 0.153 e. The summed E-state index contributed by atoms with van der Waals surface area (Å²) in [5.41, 5.74) is 2.17. The molecule has 0 spiro atoms. The monoisotopic (exact) mass is 386 g/mol. The van der Waals surface area contributed by atoms with E-state index in [1.165, 1.54) is 0 Å². The molecule has 0 unspecified atom stereocenters. The van der Waals surface area contributed by atoms with Crippen LogP contribution in [0.4, 0.5) is 0 Å². The van der Waals surface area contributed by atoms with E-state index in [9.17, 15) is 4.79 Å². The SMILES string of the molecule is O=Cc1ccc(OCc2ccccc2Cl)cc1OCc1ccccc1Cl. The van der Waals surface area contributed by atoms with E-state index >= 15 is 0 Å². The average Bonchev–Trinajstić information content (AvgIpc) is 2.67. The second-order valence-electron chi connectivity index (χ2n) is 5.58. The fourth-order valence-corrected chi connectivity index (χ4v) is 2.75. The van der Waals surface area contributed by atoms with E-state index in [0.29, 0.717) is 33.7 Å². The second-order valence-corrected chi connectivity index (χ2v) is 6.39. The first-order valence-corrected chi connectivity index (χ1v) is 8.74. The summed E-state index contributed by atoms with van der Waals surface area (Å²) >= 11 is 12.3. The fraction of sp³-hybridized carbons (Fsp3) is 0.0952. The molecule has 0 aromatic heterocycles. The summed E-state index contributed by atoms with van der Waals surface area (Å²) < 4.78 is 11.6. The van der Waals surface area contributed by atoms with Gasteiger partial charge in [0.2, 0.25) is 0 Å². The van der Waals surface area contributed by atoms with Gasteiger partial charge >= 0.3 is 0 Å². The van der Waals surface area contributed by atoms with Gasteiger partial charge in [0, 0.05) is 27.2 Å². The van der Waals surface area contributed by atoms with Gasteiger partial charge in [0.1, 0.15) is 24.7 Å². The van der Waals surface area contributed by atoms with Crippen molar-refractivity contribution in [2.24, 2.45) is 0 Å². The molecule has 3 nitrogen and oxygen atoms in total. The Balaban J connectivity index is 1.73. The van der Waals surface area contributed by atoms with Crippen LogP contribution in [0.2, 0.25) is 10.0 Å². The predicted molar refractivity (Wildman–Crippen MR) is 103 cm³/mol. The highest BCUT2D eigenvalue weighted by molar-refractivity contribution is 6.31. The normalized spacial score (nSPS) is 10.4. The number of carbonyl (C=O) groups excluding carboxylic acids is 1. The van der Waals surface area contributed by atoms with Crippen molar-refractivity contribution >= 4 is 29.5 Å². The Kier molecular flexibility index (Phi) is 6.16. The van der Waals surface area contributed by atoms with Crippen LogP contribution in [0.5, 0.6) is 11.5 Å². The van der Waals surface area contributed by atoms with Crippen LogP contribution in [0.25, 0.3) is 0 Å². The third-order valence-corrected chi connectivity index (χ3v) is 4.54. The molecule has 132 valence electrons. The lowest BCUT2D eigenvalue weighted by molar-refractivity contribution is 0.111.